The standard InChI is InChI=1S/C14H17FN4O/c1-3-6-17-14(10-7-11(15)9-16-8-10)12-4-5-13(20-2)19-18-12/h4-5,7-9,14,17H,3,6H2,1-2H3. The summed E-state index contributed by atoms with van der Waals surface area (Å²) >= 11 is 0. The van der Waals surface area contributed by atoms with Gasteiger partial charge in [0, 0.05) is 12.3 Å². The molecule has 6 heteroatoms. The van der Waals surface area contributed by atoms with Gasteiger partial charge in [-0.05, 0) is 30.7 Å². The summed E-state index contributed by atoms with van der Waals surface area (Å²) in [6, 6.07) is 4.75. The molecule has 1 atom stereocenters. The zero-order valence-corrected chi connectivity index (χ0v) is 11.5. The van der Waals surface area contributed by atoms with Gasteiger partial charge in [0.2, 0.25) is 5.88 Å². The van der Waals surface area contributed by atoms with Crippen molar-refractivity contribution >= 4 is 0 Å². The quantitative estimate of drug-likeness (QED) is 0.875. The monoisotopic (exact) mass is 276 g/mol. The van der Waals surface area contributed by atoms with E-state index in [9.17, 15) is 4.39 Å². The van der Waals surface area contributed by atoms with Crippen LogP contribution in [0.1, 0.15) is 30.6 Å². The van der Waals surface area contributed by atoms with Crippen LogP contribution in [0.5, 0.6) is 5.88 Å². The van der Waals surface area contributed by atoms with E-state index in [1.165, 1.54) is 19.4 Å². The van der Waals surface area contributed by atoms with Gasteiger partial charge in [-0.25, -0.2) is 4.39 Å². The molecule has 0 spiro atoms. The van der Waals surface area contributed by atoms with E-state index in [2.05, 4.69) is 27.4 Å². The van der Waals surface area contributed by atoms with Gasteiger partial charge in [0.05, 0.1) is 25.0 Å². The predicted molar refractivity (Wildman–Crippen MR) is 72.9 cm³/mol. The Labute approximate surface area is 117 Å². The highest BCUT2D eigenvalue weighted by Gasteiger charge is 2.16. The van der Waals surface area contributed by atoms with Gasteiger partial charge in [-0.1, -0.05) is 6.92 Å². The minimum Gasteiger partial charge on any atom is -0.480 e. The average Bonchev–Trinajstić information content (AvgIpc) is 2.48. The minimum atomic E-state index is -0.368. The Hall–Kier alpha value is -2.08. The van der Waals surface area contributed by atoms with E-state index in [1.807, 2.05) is 6.07 Å². The van der Waals surface area contributed by atoms with Crippen LogP contribution in [0.4, 0.5) is 4.39 Å². The van der Waals surface area contributed by atoms with Crippen molar-refractivity contribution in [3.8, 4) is 5.88 Å². The lowest BCUT2D eigenvalue weighted by atomic mass is 10.1. The van der Waals surface area contributed by atoms with Crippen molar-refractivity contribution in [2.24, 2.45) is 0 Å². The lowest BCUT2D eigenvalue weighted by molar-refractivity contribution is 0.390. The molecule has 0 aromatic carbocycles. The third-order valence-electron chi connectivity index (χ3n) is 2.82. The smallest absolute Gasteiger partial charge is 0.233 e. The Bertz CT molecular complexity index is 547. The minimum absolute atomic E-state index is 0.239. The normalized spacial score (nSPS) is 12.2. The lowest BCUT2D eigenvalue weighted by Gasteiger charge is -2.17. The van der Waals surface area contributed by atoms with E-state index in [0.29, 0.717) is 11.6 Å². The van der Waals surface area contributed by atoms with Crippen molar-refractivity contribution in [2.75, 3.05) is 13.7 Å². The van der Waals surface area contributed by atoms with Crippen LogP contribution in [0.2, 0.25) is 0 Å². The largest absolute Gasteiger partial charge is 0.480 e. The highest BCUT2D eigenvalue weighted by Crippen LogP contribution is 2.20. The summed E-state index contributed by atoms with van der Waals surface area (Å²) < 4.78 is 18.3. The van der Waals surface area contributed by atoms with E-state index >= 15 is 0 Å². The van der Waals surface area contributed by atoms with Crippen LogP contribution >= 0.6 is 0 Å². The molecule has 0 radical (unpaired) electrons. The van der Waals surface area contributed by atoms with Crippen molar-refractivity contribution in [1.82, 2.24) is 20.5 Å². The molecular weight excluding hydrogens is 259 g/mol. The molecule has 0 aliphatic carbocycles. The summed E-state index contributed by atoms with van der Waals surface area (Å²) in [5.41, 5.74) is 1.42. The number of hydrogen-bond donors (Lipinski definition) is 1. The summed E-state index contributed by atoms with van der Waals surface area (Å²) in [5.74, 6) is 0.0765. The maximum atomic E-state index is 13.3. The van der Waals surface area contributed by atoms with Gasteiger partial charge >= 0.3 is 0 Å². The second kappa shape index (κ2) is 6.91. The maximum absolute atomic E-state index is 13.3. The van der Waals surface area contributed by atoms with E-state index < -0.39 is 0 Å². The summed E-state index contributed by atoms with van der Waals surface area (Å²) in [5, 5.41) is 11.4. The number of hydrogen-bond acceptors (Lipinski definition) is 5. The fourth-order valence-electron chi connectivity index (χ4n) is 1.86. The summed E-state index contributed by atoms with van der Waals surface area (Å²) in [6.45, 7) is 2.85. The van der Waals surface area contributed by atoms with Crippen molar-refractivity contribution in [2.45, 2.75) is 19.4 Å². The number of pyridine rings is 1. The number of halogens is 1. The van der Waals surface area contributed by atoms with Crippen LogP contribution in [0.15, 0.2) is 30.6 Å². The molecule has 0 saturated carbocycles. The molecule has 2 aromatic heterocycles. The molecule has 0 saturated heterocycles. The van der Waals surface area contributed by atoms with Gasteiger partial charge in [-0.2, -0.15) is 0 Å². The zero-order chi connectivity index (χ0) is 14.4. The van der Waals surface area contributed by atoms with Gasteiger partial charge in [-0.15, -0.1) is 10.2 Å². The second-order valence-corrected chi connectivity index (χ2v) is 4.32. The molecule has 106 valence electrons. The van der Waals surface area contributed by atoms with E-state index in [-0.39, 0.29) is 11.9 Å². The fourth-order valence-corrected chi connectivity index (χ4v) is 1.86. The molecule has 0 amide bonds. The topological polar surface area (TPSA) is 59.9 Å². The summed E-state index contributed by atoms with van der Waals surface area (Å²) in [6.07, 6.45) is 3.77. The van der Waals surface area contributed by atoms with Gasteiger partial charge in [0.1, 0.15) is 5.82 Å². The number of rotatable bonds is 6. The van der Waals surface area contributed by atoms with Crippen LogP contribution in [0, 0.1) is 5.82 Å². The Morgan fingerprint density at radius 3 is 2.75 bits per heavy atom. The molecule has 1 unspecified atom stereocenters. The van der Waals surface area contributed by atoms with Crippen LogP contribution in [-0.2, 0) is 0 Å². The molecule has 2 rings (SSSR count). The summed E-state index contributed by atoms with van der Waals surface area (Å²) in [4.78, 5) is 3.88. The maximum Gasteiger partial charge on any atom is 0.233 e. The first-order chi connectivity index (χ1) is 9.74. The molecule has 0 bridgehead atoms. The molecule has 2 heterocycles. The van der Waals surface area contributed by atoms with Crippen molar-refractivity contribution in [3.63, 3.8) is 0 Å². The molecule has 20 heavy (non-hydrogen) atoms. The second-order valence-electron chi connectivity index (χ2n) is 4.32. The molecule has 1 N–H and O–H groups in total. The number of ether oxygens (including phenoxy) is 1. The Balaban J connectivity index is 2.30. The van der Waals surface area contributed by atoms with Gasteiger partial charge in [0.25, 0.3) is 0 Å². The van der Waals surface area contributed by atoms with Crippen molar-refractivity contribution in [3.05, 3.63) is 47.7 Å². The predicted octanol–water partition coefficient (Wildman–Crippen LogP) is 2.11. The third kappa shape index (κ3) is 3.48. The van der Waals surface area contributed by atoms with Gasteiger partial charge in [-0.3, -0.25) is 4.98 Å². The Morgan fingerprint density at radius 2 is 2.15 bits per heavy atom. The molecule has 0 aliphatic heterocycles. The van der Waals surface area contributed by atoms with Crippen LogP contribution < -0.4 is 10.1 Å². The molecular formula is C14H17FN4O. The first-order valence-electron chi connectivity index (χ1n) is 6.46. The number of methoxy groups -OCH3 is 1. The number of nitrogens with zero attached hydrogens (tertiary/aromatic N) is 3. The molecule has 2 aromatic rings. The van der Waals surface area contributed by atoms with Gasteiger partial charge in [0.15, 0.2) is 0 Å². The Kier molecular flexibility index (Phi) is 4.95. The van der Waals surface area contributed by atoms with E-state index in [4.69, 9.17) is 4.74 Å². The Morgan fingerprint density at radius 1 is 1.30 bits per heavy atom. The fraction of sp³-hybridized carbons (Fsp3) is 0.357. The lowest BCUT2D eigenvalue weighted by Crippen LogP contribution is -2.24. The third-order valence-corrected chi connectivity index (χ3v) is 2.82. The zero-order valence-electron chi connectivity index (χ0n) is 11.5. The highest BCUT2D eigenvalue weighted by molar-refractivity contribution is 5.26. The van der Waals surface area contributed by atoms with Crippen molar-refractivity contribution in [1.29, 1.82) is 0 Å². The van der Waals surface area contributed by atoms with Crippen LogP contribution in [-0.4, -0.2) is 28.8 Å². The molecule has 0 fully saturated rings. The van der Waals surface area contributed by atoms with Crippen molar-refractivity contribution < 1.29 is 9.13 Å². The van der Waals surface area contributed by atoms with Crippen LogP contribution in [0.3, 0.4) is 0 Å². The highest BCUT2D eigenvalue weighted by atomic mass is 19.1. The molecule has 5 nitrogen and oxygen atoms in total. The number of nitrogens with one attached hydrogen (secondary N) is 1. The SMILES string of the molecule is CCCNC(c1cncc(F)c1)c1ccc(OC)nn1. The van der Waals surface area contributed by atoms with E-state index in [1.54, 1.807) is 12.3 Å². The van der Waals surface area contributed by atoms with Gasteiger partial charge < -0.3 is 10.1 Å². The van der Waals surface area contributed by atoms with E-state index in [0.717, 1.165) is 18.5 Å². The summed E-state index contributed by atoms with van der Waals surface area (Å²) in [7, 11) is 1.53. The van der Waals surface area contributed by atoms with Crippen LogP contribution in [0.25, 0.3) is 0 Å². The average molecular weight is 276 g/mol. The molecule has 0 aliphatic rings. The first kappa shape index (κ1) is 14.3. The first-order valence-corrected chi connectivity index (χ1v) is 6.46. The number of aromatic nitrogens is 3.